The van der Waals surface area contributed by atoms with Crippen LogP contribution in [-0.4, -0.2) is 24.6 Å². The minimum atomic E-state index is -0.893. The van der Waals surface area contributed by atoms with Crippen molar-refractivity contribution >= 4 is 5.90 Å². The van der Waals surface area contributed by atoms with E-state index in [1.165, 1.54) is 7.11 Å². The number of ether oxygens (including phenoxy) is 2. The zero-order chi connectivity index (χ0) is 9.84. The van der Waals surface area contributed by atoms with Crippen LogP contribution in [0.2, 0.25) is 0 Å². The van der Waals surface area contributed by atoms with Gasteiger partial charge in [-0.15, -0.1) is 0 Å². The zero-order valence-electron chi connectivity index (χ0n) is 7.12. The van der Waals surface area contributed by atoms with Gasteiger partial charge in [0.2, 0.25) is 11.8 Å². The summed E-state index contributed by atoms with van der Waals surface area (Å²) in [6.45, 7) is 1.57. The number of nitrogens with zero attached hydrogens (tertiary/aromatic N) is 2. The average molecular weight is 193 g/mol. The first-order valence-corrected chi connectivity index (χ1v) is 3.49. The first kappa shape index (κ1) is 9.72. The van der Waals surface area contributed by atoms with Crippen molar-refractivity contribution in [3.63, 3.8) is 0 Å². The topological polar surface area (TPSA) is 46.1 Å². The Morgan fingerprint density at radius 1 is 1.69 bits per heavy atom. The van der Waals surface area contributed by atoms with E-state index in [4.69, 9.17) is 9.47 Å². The second-order valence-electron chi connectivity index (χ2n) is 2.22. The fourth-order valence-corrected chi connectivity index (χ4v) is 0.645. The summed E-state index contributed by atoms with van der Waals surface area (Å²) >= 11 is 0. The van der Waals surface area contributed by atoms with E-state index in [0.717, 1.165) is 6.08 Å². The lowest BCUT2D eigenvalue weighted by Crippen LogP contribution is -2.31. The number of hydrazone groups is 1. The molecule has 0 spiro atoms. The van der Waals surface area contributed by atoms with Gasteiger partial charge in [-0.2, -0.15) is 4.39 Å². The third-order valence-electron chi connectivity index (χ3n) is 1.25. The van der Waals surface area contributed by atoms with Gasteiger partial charge in [-0.3, -0.25) is 0 Å². The highest BCUT2D eigenvalue weighted by Gasteiger charge is 2.14. The third kappa shape index (κ3) is 2.86. The van der Waals surface area contributed by atoms with E-state index in [2.05, 4.69) is 5.10 Å². The number of hydrazine groups is 1. The molecule has 0 aromatic rings. The molecule has 1 aliphatic heterocycles. The van der Waals surface area contributed by atoms with Gasteiger partial charge in [-0.05, 0) is 12.3 Å². The smallest absolute Gasteiger partial charge is 0.242 e. The highest BCUT2D eigenvalue weighted by molar-refractivity contribution is 5.88. The average Bonchev–Trinajstić information content (AvgIpc) is 2.02. The van der Waals surface area contributed by atoms with Gasteiger partial charge in [0.15, 0.2) is 6.29 Å². The molecule has 1 atom stereocenters. The zero-order valence-corrected chi connectivity index (χ0v) is 7.12. The summed E-state index contributed by atoms with van der Waals surface area (Å²) in [6.07, 6.45) is 0.292. The number of rotatable bonds is 2. The molecule has 0 aliphatic carbocycles. The highest BCUT2D eigenvalue weighted by atomic mass is 19.2. The Morgan fingerprint density at radius 3 is 2.92 bits per heavy atom. The predicted octanol–water partition coefficient (Wildman–Crippen LogP) is 0.825. The molecule has 1 N–H and O–H groups in total. The number of hydrogen-bond donors (Lipinski definition) is 1. The van der Waals surface area contributed by atoms with Crippen molar-refractivity contribution in [3.05, 3.63) is 12.0 Å². The summed E-state index contributed by atoms with van der Waals surface area (Å²) < 4.78 is 34.5. The van der Waals surface area contributed by atoms with Gasteiger partial charge < -0.3 is 9.47 Å². The molecule has 0 aromatic heterocycles. The maximum Gasteiger partial charge on any atom is 0.242 e. The van der Waals surface area contributed by atoms with Crippen molar-refractivity contribution in [1.82, 2.24) is 10.8 Å². The molecule has 1 heterocycles. The molecule has 7 heteroatoms. The molecule has 0 bridgehead atoms. The molecule has 0 saturated heterocycles. The molecule has 0 saturated carbocycles. The predicted molar refractivity (Wildman–Crippen MR) is 40.3 cm³/mol. The normalized spacial score (nSPS) is 18.6. The molecule has 0 radical (unpaired) electrons. The van der Waals surface area contributed by atoms with E-state index < -0.39 is 12.2 Å². The van der Waals surface area contributed by atoms with Gasteiger partial charge in [0, 0.05) is 7.11 Å². The molecule has 13 heavy (non-hydrogen) atoms. The number of nitrogens with one attached hydrogen (secondary N) is 1. The molecule has 1 rings (SSSR count). The molecule has 0 fully saturated rings. The van der Waals surface area contributed by atoms with Crippen LogP contribution in [0.4, 0.5) is 8.87 Å². The highest BCUT2D eigenvalue weighted by Crippen LogP contribution is 2.06. The first-order chi connectivity index (χ1) is 6.11. The van der Waals surface area contributed by atoms with Gasteiger partial charge in [-0.25, -0.2) is 5.43 Å². The lowest BCUT2D eigenvalue weighted by Gasteiger charge is -2.17. The van der Waals surface area contributed by atoms with Crippen LogP contribution in [0.5, 0.6) is 0 Å². The van der Waals surface area contributed by atoms with Crippen molar-refractivity contribution < 1.29 is 18.3 Å². The van der Waals surface area contributed by atoms with E-state index in [1.807, 2.05) is 0 Å². The second-order valence-corrected chi connectivity index (χ2v) is 2.22. The summed E-state index contributed by atoms with van der Waals surface area (Å²) in [5, 5.41) is 2.89. The van der Waals surface area contributed by atoms with Gasteiger partial charge in [-0.1, -0.05) is 9.58 Å². The Kier molecular flexibility index (Phi) is 3.02. The number of methoxy groups -OCH3 is 1. The molecule has 1 unspecified atom stereocenters. The lowest BCUT2D eigenvalue weighted by atomic mass is 10.5. The Hall–Kier alpha value is -1.37. The fourth-order valence-electron chi connectivity index (χ4n) is 0.645. The largest absolute Gasteiger partial charge is 0.447 e. The minimum Gasteiger partial charge on any atom is -0.447 e. The van der Waals surface area contributed by atoms with Gasteiger partial charge in [0.25, 0.3) is 0 Å². The third-order valence-corrected chi connectivity index (χ3v) is 1.25. The Bertz CT molecular complexity index is 244. The standard InChI is InChI=1S/C6H9F2N3O2/c1-4(12-2)13-6-3-5(7)9-11(8)10-6/h3-4,9H,1-2H3. The second kappa shape index (κ2) is 4.04. The molecule has 5 nitrogen and oxygen atoms in total. The molecule has 74 valence electrons. The van der Waals surface area contributed by atoms with E-state index in [9.17, 15) is 8.87 Å². The van der Waals surface area contributed by atoms with Crippen molar-refractivity contribution in [2.75, 3.05) is 7.11 Å². The Labute approximate surface area is 73.5 Å². The molecular formula is C6H9F2N3O2. The Balaban J connectivity index is 2.58. The fraction of sp³-hybridized carbons (Fsp3) is 0.500. The lowest BCUT2D eigenvalue weighted by molar-refractivity contribution is -0.0630. The number of hydrogen-bond acceptors (Lipinski definition) is 5. The van der Waals surface area contributed by atoms with Crippen molar-refractivity contribution in [2.24, 2.45) is 5.10 Å². The summed E-state index contributed by atoms with van der Waals surface area (Å²) in [6, 6.07) is 0. The Morgan fingerprint density at radius 2 is 2.38 bits per heavy atom. The van der Waals surface area contributed by atoms with Crippen LogP contribution >= 0.6 is 0 Å². The first-order valence-electron chi connectivity index (χ1n) is 3.49. The minimum absolute atomic E-state index is 0.201. The molecular weight excluding hydrogens is 184 g/mol. The summed E-state index contributed by atoms with van der Waals surface area (Å²) in [4.78, 5) is 0. The maximum atomic E-state index is 12.5. The molecule has 1 aliphatic rings. The quantitative estimate of drug-likeness (QED) is 0.400. The SMILES string of the molecule is COC(C)OC1=NN(F)NC(F)=C1. The van der Waals surface area contributed by atoms with E-state index >= 15 is 0 Å². The van der Waals surface area contributed by atoms with E-state index in [1.54, 1.807) is 12.3 Å². The van der Waals surface area contributed by atoms with Crippen LogP contribution in [0, 0.1) is 0 Å². The van der Waals surface area contributed by atoms with Crippen LogP contribution in [0.15, 0.2) is 17.1 Å². The molecule has 0 aromatic carbocycles. The summed E-state index contributed by atoms with van der Waals surface area (Å²) in [7, 11) is 1.40. The van der Waals surface area contributed by atoms with Crippen LogP contribution < -0.4 is 5.43 Å². The summed E-state index contributed by atoms with van der Waals surface area (Å²) in [5.74, 6) is -1.09. The van der Waals surface area contributed by atoms with Crippen molar-refractivity contribution in [1.29, 1.82) is 0 Å². The van der Waals surface area contributed by atoms with Gasteiger partial charge >= 0.3 is 0 Å². The van der Waals surface area contributed by atoms with Gasteiger partial charge in [0.05, 0.1) is 6.08 Å². The van der Waals surface area contributed by atoms with Crippen LogP contribution in [0.25, 0.3) is 0 Å². The summed E-state index contributed by atoms with van der Waals surface area (Å²) in [5.41, 5.74) is 1.65. The van der Waals surface area contributed by atoms with Crippen LogP contribution in [0.1, 0.15) is 6.92 Å². The van der Waals surface area contributed by atoms with Crippen molar-refractivity contribution in [3.8, 4) is 0 Å². The van der Waals surface area contributed by atoms with E-state index in [0.29, 0.717) is 0 Å². The monoisotopic (exact) mass is 193 g/mol. The maximum absolute atomic E-state index is 12.5. The van der Waals surface area contributed by atoms with Gasteiger partial charge in [0.1, 0.15) is 0 Å². The van der Waals surface area contributed by atoms with Crippen molar-refractivity contribution in [2.45, 2.75) is 13.2 Å². The number of halogens is 2. The van der Waals surface area contributed by atoms with Crippen LogP contribution in [0.3, 0.4) is 0 Å². The van der Waals surface area contributed by atoms with E-state index in [-0.39, 0.29) is 11.2 Å². The molecule has 0 amide bonds. The van der Waals surface area contributed by atoms with Crippen LogP contribution in [-0.2, 0) is 9.47 Å².